The van der Waals surface area contributed by atoms with Crippen LogP contribution >= 0.6 is 0 Å². The van der Waals surface area contributed by atoms with Crippen LogP contribution < -0.4 is 10.6 Å². The van der Waals surface area contributed by atoms with E-state index in [0.717, 1.165) is 18.4 Å². The van der Waals surface area contributed by atoms with E-state index >= 15 is 0 Å². The van der Waals surface area contributed by atoms with Crippen molar-refractivity contribution in [2.75, 3.05) is 6.26 Å². The highest BCUT2D eigenvalue weighted by Crippen LogP contribution is 2.34. The summed E-state index contributed by atoms with van der Waals surface area (Å²) >= 11 is 0. The molecule has 1 saturated heterocycles. The minimum absolute atomic E-state index is 0.0276. The van der Waals surface area contributed by atoms with Gasteiger partial charge in [0.15, 0.2) is 9.84 Å². The van der Waals surface area contributed by atoms with Crippen molar-refractivity contribution in [3.63, 3.8) is 0 Å². The number of hydrogen-bond acceptors (Lipinski definition) is 4. The number of nitrogens with one attached hydrogen (secondary N) is 2. The van der Waals surface area contributed by atoms with Gasteiger partial charge in [0.05, 0.1) is 10.9 Å². The average molecular weight is 381 g/mol. The molecule has 2 N–H and O–H groups in total. The lowest BCUT2D eigenvalue weighted by molar-refractivity contribution is -0.123. The van der Waals surface area contributed by atoms with Crippen LogP contribution in [0.25, 0.3) is 0 Å². The second kappa shape index (κ2) is 7.31. The summed E-state index contributed by atoms with van der Waals surface area (Å²) < 4.78 is 23.1. The highest BCUT2D eigenvalue weighted by molar-refractivity contribution is 7.90. The molecule has 0 spiro atoms. The van der Waals surface area contributed by atoms with E-state index < -0.39 is 9.84 Å². The van der Waals surface area contributed by atoms with Gasteiger partial charge in [0.1, 0.15) is 0 Å². The van der Waals surface area contributed by atoms with Gasteiger partial charge >= 0.3 is 0 Å². The van der Waals surface area contributed by atoms with Gasteiger partial charge in [-0.3, -0.25) is 4.79 Å². The minimum atomic E-state index is -3.20. The summed E-state index contributed by atoms with van der Waals surface area (Å²) in [6, 6.07) is 6.55. The summed E-state index contributed by atoms with van der Waals surface area (Å²) in [5.41, 5.74) is 0.955. The predicted molar refractivity (Wildman–Crippen MR) is 105 cm³/mol. The highest BCUT2D eigenvalue weighted by atomic mass is 32.2. The maximum absolute atomic E-state index is 12.5. The van der Waals surface area contributed by atoms with Crippen LogP contribution in [0, 0.1) is 5.92 Å². The summed E-state index contributed by atoms with van der Waals surface area (Å²) in [5, 5.41) is 6.69. The minimum Gasteiger partial charge on any atom is -0.350 e. The molecule has 0 radical (unpaired) electrons. The third-order valence-corrected chi connectivity index (χ3v) is 6.06. The Hall–Kier alpha value is -1.40. The molecular weight excluding hydrogens is 348 g/mol. The fraction of sp³-hybridized carbons (Fsp3) is 0.650. The predicted octanol–water partition coefficient (Wildman–Crippen LogP) is 3.21. The molecular formula is C20H32N2O3S. The molecule has 146 valence electrons. The summed E-state index contributed by atoms with van der Waals surface area (Å²) in [6.45, 7) is 10.7. The van der Waals surface area contributed by atoms with E-state index in [-0.39, 0.29) is 23.0 Å². The third-order valence-electron chi connectivity index (χ3n) is 4.93. The topological polar surface area (TPSA) is 75.3 Å². The molecule has 0 bridgehead atoms. The van der Waals surface area contributed by atoms with Crippen molar-refractivity contribution >= 4 is 15.7 Å². The second-order valence-electron chi connectivity index (χ2n) is 9.00. The van der Waals surface area contributed by atoms with Gasteiger partial charge in [-0.25, -0.2) is 8.42 Å². The zero-order chi connectivity index (χ0) is 19.8. The van der Waals surface area contributed by atoms with Crippen molar-refractivity contribution in [2.24, 2.45) is 5.92 Å². The highest BCUT2D eigenvalue weighted by Gasteiger charge is 2.38. The van der Waals surface area contributed by atoms with Gasteiger partial charge in [0.25, 0.3) is 0 Å². The first-order valence-corrected chi connectivity index (χ1v) is 11.1. The Morgan fingerprint density at radius 3 is 2.12 bits per heavy atom. The number of sulfone groups is 1. The van der Waals surface area contributed by atoms with Gasteiger partial charge in [0, 0.05) is 23.8 Å². The van der Waals surface area contributed by atoms with E-state index in [9.17, 15) is 13.2 Å². The molecule has 0 aromatic heterocycles. The van der Waals surface area contributed by atoms with E-state index in [4.69, 9.17) is 0 Å². The largest absolute Gasteiger partial charge is 0.350 e. The molecule has 26 heavy (non-hydrogen) atoms. The van der Waals surface area contributed by atoms with Crippen LogP contribution in [0.1, 0.15) is 65.5 Å². The molecule has 1 aliphatic heterocycles. The van der Waals surface area contributed by atoms with Crippen LogP contribution in [0.2, 0.25) is 0 Å². The molecule has 0 aliphatic carbocycles. The summed E-state index contributed by atoms with van der Waals surface area (Å²) in [4.78, 5) is 12.8. The molecule has 1 aromatic rings. The maximum Gasteiger partial charge on any atom is 0.220 e. The van der Waals surface area contributed by atoms with Crippen LogP contribution in [0.3, 0.4) is 0 Å². The van der Waals surface area contributed by atoms with E-state index in [2.05, 4.69) is 38.3 Å². The Bertz CT molecular complexity index is 736. The first kappa shape index (κ1) is 20.9. The first-order valence-electron chi connectivity index (χ1n) is 9.16. The Morgan fingerprint density at radius 2 is 1.65 bits per heavy atom. The number of amides is 1. The van der Waals surface area contributed by atoms with Gasteiger partial charge in [-0.05, 0) is 71.1 Å². The SMILES string of the molecule is CC(NC(=O)CC1CC(C)(C)NC(C)(C)C1)c1ccc(S(C)(=O)=O)cc1. The standard InChI is InChI=1S/C20H32N2O3S/c1-14(16-7-9-17(10-8-16)26(6,24)25)21-18(23)11-15-12-19(2,3)22-20(4,5)13-15/h7-10,14-15,22H,11-13H2,1-6H3,(H,21,23). The quantitative estimate of drug-likeness (QED) is 0.822. The lowest BCUT2D eigenvalue weighted by Gasteiger charge is -2.46. The van der Waals surface area contributed by atoms with Gasteiger partial charge < -0.3 is 10.6 Å². The number of carbonyl (C=O) groups excluding carboxylic acids is 1. The van der Waals surface area contributed by atoms with Crippen LogP contribution in [0.15, 0.2) is 29.2 Å². The number of benzene rings is 1. The first-order chi connectivity index (χ1) is 11.8. The Kier molecular flexibility index (Phi) is 5.88. The summed E-state index contributed by atoms with van der Waals surface area (Å²) in [6.07, 6.45) is 3.65. The van der Waals surface area contributed by atoms with Crippen LogP contribution in [0.4, 0.5) is 0 Å². The molecule has 1 amide bonds. The van der Waals surface area contributed by atoms with Crippen LogP contribution in [-0.2, 0) is 14.6 Å². The maximum atomic E-state index is 12.5. The van der Waals surface area contributed by atoms with Gasteiger partial charge in [0.2, 0.25) is 5.91 Å². The lowest BCUT2D eigenvalue weighted by atomic mass is 9.74. The monoisotopic (exact) mass is 380 g/mol. The van der Waals surface area contributed by atoms with E-state index in [1.807, 2.05) is 6.92 Å². The molecule has 1 fully saturated rings. The molecule has 6 heteroatoms. The van der Waals surface area contributed by atoms with Crippen LogP contribution in [-0.4, -0.2) is 31.7 Å². The second-order valence-corrected chi connectivity index (χ2v) is 11.0. The fourth-order valence-electron chi connectivity index (χ4n) is 4.33. The molecule has 1 aliphatic rings. The van der Waals surface area contributed by atoms with Crippen molar-refractivity contribution in [2.45, 2.75) is 75.9 Å². The molecule has 5 nitrogen and oxygen atoms in total. The molecule has 2 rings (SSSR count). The van der Waals surface area contributed by atoms with Crippen molar-refractivity contribution in [3.8, 4) is 0 Å². The Morgan fingerprint density at radius 1 is 1.15 bits per heavy atom. The van der Waals surface area contributed by atoms with Crippen molar-refractivity contribution in [1.82, 2.24) is 10.6 Å². The Labute approximate surface area is 157 Å². The molecule has 1 atom stereocenters. The van der Waals surface area contributed by atoms with E-state index in [1.165, 1.54) is 6.26 Å². The van der Waals surface area contributed by atoms with Gasteiger partial charge in [-0.1, -0.05) is 12.1 Å². The third kappa shape index (κ3) is 5.81. The molecule has 1 aromatic carbocycles. The molecule has 1 heterocycles. The smallest absolute Gasteiger partial charge is 0.220 e. The average Bonchev–Trinajstić information content (AvgIpc) is 2.42. The van der Waals surface area contributed by atoms with Crippen molar-refractivity contribution in [1.29, 1.82) is 0 Å². The van der Waals surface area contributed by atoms with Crippen molar-refractivity contribution < 1.29 is 13.2 Å². The van der Waals surface area contributed by atoms with Crippen molar-refractivity contribution in [3.05, 3.63) is 29.8 Å². The number of piperidine rings is 1. The Balaban J connectivity index is 1.97. The van der Waals surface area contributed by atoms with Gasteiger partial charge in [-0.2, -0.15) is 0 Å². The number of carbonyl (C=O) groups is 1. The normalized spacial score (nSPS) is 21.2. The lowest BCUT2D eigenvalue weighted by Crippen LogP contribution is -2.58. The zero-order valence-corrected chi connectivity index (χ0v) is 17.5. The van der Waals surface area contributed by atoms with Crippen LogP contribution in [0.5, 0.6) is 0 Å². The van der Waals surface area contributed by atoms with Gasteiger partial charge in [-0.15, -0.1) is 0 Å². The zero-order valence-electron chi connectivity index (χ0n) is 16.7. The summed E-state index contributed by atoms with van der Waals surface area (Å²) in [5.74, 6) is 0.393. The van der Waals surface area contributed by atoms with E-state index in [0.29, 0.717) is 17.2 Å². The van der Waals surface area contributed by atoms with E-state index in [1.54, 1.807) is 24.3 Å². The molecule has 1 unspecified atom stereocenters. The molecule has 0 saturated carbocycles. The summed E-state index contributed by atoms with van der Waals surface area (Å²) in [7, 11) is -3.20. The fourth-order valence-corrected chi connectivity index (χ4v) is 4.96. The number of rotatable bonds is 5. The number of hydrogen-bond donors (Lipinski definition) is 2.